The Kier molecular flexibility index (Phi) is 4.03. The van der Waals surface area contributed by atoms with Crippen molar-refractivity contribution in [1.82, 2.24) is 0 Å². The van der Waals surface area contributed by atoms with Crippen molar-refractivity contribution in [3.05, 3.63) is 64.5 Å². The Bertz CT molecular complexity index is 653. The highest BCUT2D eigenvalue weighted by Gasteiger charge is 2.07. The summed E-state index contributed by atoms with van der Waals surface area (Å²) < 4.78 is 13.7. The SMILES string of the molecule is Cc1ccc(NCc2cc(C(N)=O)ccc2F)c(C)c1. The van der Waals surface area contributed by atoms with Gasteiger partial charge >= 0.3 is 0 Å². The second-order valence-electron chi connectivity index (χ2n) is 4.84. The van der Waals surface area contributed by atoms with Gasteiger partial charge in [0.15, 0.2) is 0 Å². The molecule has 2 rings (SSSR count). The molecule has 0 atom stereocenters. The second kappa shape index (κ2) is 5.74. The number of hydrogen-bond donors (Lipinski definition) is 2. The molecular formula is C16H17FN2O. The summed E-state index contributed by atoms with van der Waals surface area (Å²) in [4.78, 5) is 11.1. The van der Waals surface area contributed by atoms with Crippen LogP contribution in [-0.4, -0.2) is 5.91 Å². The smallest absolute Gasteiger partial charge is 0.248 e. The van der Waals surface area contributed by atoms with Crippen molar-refractivity contribution in [2.24, 2.45) is 5.73 Å². The number of anilines is 1. The lowest BCUT2D eigenvalue weighted by atomic mass is 10.1. The molecule has 3 N–H and O–H groups in total. The van der Waals surface area contributed by atoms with Gasteiger partial charge in [-0.05, 0) is 43.7 Å². The van der Waals surface area contributed by atoms with Crippen molar-refractivity contribution in [3.8, 4) is 0 Å². The second-order valence-corrected chi connectivity index (χ2v) is 4.84. The van der Waals surface area contributed by atoms with E-state index in [9.17, 15) is 9.18 Å². The van der Waals surface area contributed by atoms with Gasteiger partial charge in [0, 0.05) is 23.4 Å². The third-order valence-electron chi connectivity index (χ3n) is 3.18. The molecule has 0 bridgehead atoms. The van der Waals surface area contributed by atoms with Crippen LogP contribution in [0.3, 0.4) is 0 Å². The topological polar surface area (TPSA) is 55.1 Å². The van der Waals surface area contributed by atoms with E-state index in [0.717, 1.165) is 11.3 Å². The molecule has 2 aromatic carbocycles. The van der Waals surface area contributed by atoms with Gasteiger partial charge in [-0.2, -0.15) is 0 Å². The van der Waals surface area contributed by atoms with Crippen LogP contribution in [-0.2, 0) is 6.54 Å². The monoisotopic (exact) mass is 272 g/mol. The van der Waals surface area contributed by atoms with Gasteiger partial charge in [-0.15, -0.1) is 0 Å². The number of amides is 1. The van der Waals surface area contributed by atoms with Gasteiger partial charge in [0.05, 0.1) is 0 Å². The van der Waals surface area contributed by atoms with E-state index in [1.165, 1.54) is 23.8 Å². The maximum atomic E-state index is 13.7. The van der Waals surface area contributed by atoms with E-state index in [2.05, 4.69) is 11.4 Å². The van der Waals surface area contributed by atoms with Gasteiger partial charge in [0.25, 0.3) is 0 Å². The number of halogens is 1. The first-order chi connectivity index (χ1) is 9.47. The fourth-order valence-electron chi connectivity index (χ4n) is 2.07. The van der Waals surface area contributed by atoms with E-state index in [1.54, 1.807) is 0 Å². The van der Waals surface area contributed by atoms with Crippen molar-refractivity contribution in [2.45, 2.75) is 20.4 Å². The molecule has 0 aliphatic rings. The number of rotatable bonds is 4. The first kappa shape index (κ1) is 14.1. The Morgan fingerprint density at radius 3 is 2.60 bits per heavy atom. The number of nitrogens with one attached hydrogen (secondary N) is 1. The van der Waals surface area contributed by atoms with Crippen LogP contribution in [0.4, 0.5) is 10.1 Å². The molecule has 3 nitrogen and oxygen atoms in total. The maximum Gasteiger partial charge on any atom is 0.248 e. The summed E-state index contributed by atoms with van der Waals surface area (Å²) in [6.45, 7) is 4.31. The minimum absolute atomic E-state index is 0.302. The van der Waals surface area contributed by atoms with Crippen molar-refractivity contribution < 1.29 is 9.18 Å². The molecule has 0 aromatic heterocycles. The fourth-order valence-corrected chi connectivity index (χ4v) is 2.07. The van der Waals surface area contributed by atoms with Gasteiger partial charge in [-0.1, -0.05) is 17.7 Å². The molecule has 0 heterocycles. The molecule has 104 valence electrons. The Hall–Kier alpha value is -2.36. The molecule has 0 fully saturated rings. The van der Waals surface area contributed by atoms with E-state index in [1.807, 2.05) is 26.0 Å². The van der Waals surface area contributed by atoms with Crippen LogP contribution < -0.4 is 11.1 Å². The minimum atomic E-state index is -0.558. The van der Waals surface area contributed by atoms with Gasteiger partial charge < -0.3 is 11.1 Å². The van der Waals surface area contributed by atoms with Gasteiger partial charge in [0.1, 0.15) is 5.82 Å². The number of carbonyl (C=O) groups is 1. The third kappa shape index (κ3) is 3.15. The van der Waals surface area contributed by atoms with Crippen LogP contribution in [0.1, 0.15) is 27.0 Å². The minimum Gasteiger partial charge on any atom is -0.381 e. The molecule has 20 heavy (non-hydrogen) atoms. The predicted octanol–water partition coefficient (Wildman–Crippen LogP) is 3.15. The summed E-state index contributed by atoms with van der Waals surface area (Å²) in [6, 6.07) is 10.1. The lowest BCUT2D eigenvalue weighted by Gasteiger charge is -2.11. The Labute approximate surface area is 117 Å². The number of primary amides is 1. The number of hydrogen-bond acceptors (Lipinski definition) is 2. The van der Waals surface area contributed by atoms with E-state index in [-0.39, 0.29) is 5.82 Å². The van der Waals surface area contributed by atoms with Crippen LogP contribution >= 0.6 is 0 Å². The molecule has 0 saturated heterocycles. The summed E-state index contributed by atoms with van der Waals surface area (Å²) in [5, 5.41) is 3.17. The highest BCUT2D eigenvalue weighted by atomic mass is 19.1. The van der Waals surface area contributed by atoms with Crippen molar-refractivity contribution in [3.63, 3.8) is 0 Å². The highest BCUT2D eigenvalue weighted by Crippen LogP contribution is 2.18. The maximum absolute atomic E-state index is 13.7. The zero-order chi connectivity index (χ0) is 14.7. The molecule has 0 radical (unpaired) electrons. The lowest BCUT2D eigenvalue weighted by molar-refractivity contribution is 0.1000. The first-order valence-corrected chi connectivity index (χ1v) is 6.36. The van der Waals surface area contributed by atoms with E-state index >= 15 is 0 Å². The van der Waals surface area contributed by atoms with Crippen molar-refractivity contribution in [1.29, 1.82) is 0 Å². The van der Waals surface area contributed by atoms with Gasteiger partial charge in [-0.3, -0.25) is 4.79 Å². The molecule has 4 heteroatoms. The van der Waals surface area contributed by atoms with E-state index in [0.29, 0.717) is 17.7 Å². The average Bonchev–Trinajstić information content (AvgIpc) is 2.39. The molecule has 0 spiro atoms. The standard InChI is InChI=1S/C16H17FN2O/c1-10-3-6-15(11(2)7-10)19-9-13-8-12(16(18)20)4-5-14(13)17/h3-8,19H,9H2,1-2H3,(H2,18,20). The summed E-state index contributed by atoms with van der Waals surface area (Å²) in [6.07, 6.45) is 0. The molecule has 0 saturated carbocycles. The number of nitrogens with two attached hydrogens (primary N) is 1. The van der Waals surface area contributed by atoms with Crippen LogP contribution in [0.25, 0.3) is 0 Å². The third-order valence-corrected chi connectivity index (χ3v) is 3.18. The summed E-state index contributed by atoms with van der Waals surface area (Å²) in [5.74, 6) is -0.912. The molecule has 1 amide bonds. The normalized spacial score (nSPS) is 10.3. The number of benzene rings is 2. The van der Waals surface area contributed by atoms with E-state index < -0.39 is 5.91 Å². The predicted molar refractivity (Wildman–Crippen MR) is 78.2 cm³/mol. The van der Waals surface area contributed by atoms with E-state index in [4.69, 9.17) is 5.73 Å². The van der Waals surface area contributed by atoms with Crippen molar-refractivity contribution >= 4 is 11.6 Å². The molecule has 0 unspecified atom stereocenters. The summed E-state index contributed by atoms with van der Waals surface area (Å²) in [5.41, 5.74) is 9.14. The lowest BCUT2D eigenvalue weighted by Crippen LogP contribution is -2.12. The van der Waals surface area contributed by atoms with Gasteiger partial charge in [0.2, 0.25) is 5.91 Å². The van der Waals surface area contributed by atoms with Crippen LogP contribution in [0, 0.1) is 19.7 Å². The molecular weight excluding hydrogens is 255 g/mol. The molecule has 0 aliphatic carbocycles. The quantitative estimate of drug-likeness (QED) is 0.898. The van der Waals surface area contributed by atoms with Crippen LogP contribution in [0.5, 0.6) is 0 Å². The highest BCUT2D eigenvalue weighted by molar-refractivity contribution is 5.92. The summed E-state index contributed by atoms with van der Waals surface area (Å²) >= 11 is 0. The first-order valence-electron chi connectivity index (χ1n) is 6.36. The average molecular weight is 272 g/mol. The molecule has 2 aromatic rings. The number of aryl methyl sites for hydroxylation is 2. The Morgan fingerprint density at radius 2 is 1.95 bits per heavy atom. The van der Waals surface area contributed by atoms with Crippen LogP contribution in [0.15, 0.2) is 36.4 Å². The van der Waals surface area contributed by atoms with Crippen LogP contribution in [0.2, 0.25) is 0 Å². The zero-order valence-electron chi connectivity index (χ0n) is 11.5. The Morgan fingerprint density at radius 1 is 1.20 bits per heavy atom. The molecule has 0 aliphatic heterocycles. The van der Waals surface area contributed by atoms with Crippen molar-refractivity contribution in [2.75, 3.05) is 5.32 Å². The number of carbonyl (C=O) groups excluding carboxylic acids is 1. The largest absolute Gasteiger partial charge is 0.381 e. The fraction of sp³-hybridized carbons (Fsp3) is 0.188. The Balaban J connectivity index is 2.18. The zero-order valence-corrected chi connectivity index (χ0v) is 11.5. The van der Waals surface area contributed by atoms with Gasteiger partial charge in [-0.25, -0.2) is 4.39 Å². The summed E-state index contributed by atoms with van der Waals surface area (Å²) in [7, 11) is 0.